The van der Waals surface area contributed by atoms with E-state index >= 15 is 0 Å². The zero-order chi connectivity index (χ0) is 67.2. The lowest BCUT2D eigenvalue weighted by Gasteiger charge is -2.37. The van der Waals surface area contributed by atoms with Crippen LogP contribution in [0.25, 0.3) is 77.9 Å². The first-order valence-corrected chi connectivity index (χ1v) is 38.5. The first kappa shape index (κ1) is 60.7. The molecule has 14 aromatic carbocycles. The molecule has 0 bridgehead atoms. The van der Waals surface area contributed by atoms with Gasteiger partial charge in [-0.15, -0.1) is 0 Å². The van der Waals surface area contributed by atoms with Gasteiger partial charge in [0.15, 0.2) is 0 Å². The molecule has 18 aromatic rings. The molecule has 4 aromatic heterocycles. The molecule has 0 saturated heterocycles. The number of hydrogen-bond acceptors (Lipinski definition) is 4. The number of benzene rings is 14. The zero-order valence-electron chi connectivity index (χ0n) is 55.3. The SMILES string of the molecule is c1ccc(-c2cc(C(c3ccccc3)(c3ccccc3)c3ccccc3)nc(-n3c4ccccc4c4cc(-c5ccc6c(c5)c5ccccc5n6-c5nc([Si](c6ccccc6)(c6ccccc6)c6ccccc6)cc([Si](c6ccccc6)(c6ccccc6)c6ccccc6)n5)ccc43)n2)cc1. The highest BCUT2D eigenvalue weighted by molar-refractivity contribution is 7.21. The smallest absolute Gasteiger partial charge is 0.235 e. The van der Waals surface area contributed by atoms with Gasteiger partial charge in [-0.1, -0.05) is 352 Å². The van der Waals surface area contributed by atoms with Gasteiger partial charge in [-0.05, 0) is 107 Å². The average molecular weight is 1320 g/mol. The van der Waals surface area contributed by atoms with Crippen LogP contribution >= 0.6 is 0 Å². The maximum absolute atomic E-state index is 6.15. The van der Waals surface area contributed by atoms with Crippen LogP contribution in [-0.4, -0.2) is 45.2 Å². The molecule has 0 atom stereocenters. The Hall–Kier alpha value is -12.7. The maximum atomic E-state index is 6.15. The Morgan fingerprint density at radius 1 is 0.218 bits per heavy atom. The molecule has 18 rings (SSSR count). The molecule has 8 heteroatoms. The Bertz CT molecular complexity index is 5550. The summed E-state index contributed by atoms with van der Waals surface area (Å²) in [6.45, 7) is 0. The number of fused-ring (bicyclic) bond motifs is 6. The Balaban J connectivity index is 0.867. The van der Waals surface area contributed by atoms with Crippen molar-refractivity contribution in [3.63, 3.8) is 0 Å². The molecular weight excluding hydrogens is 1260 g/mol. The molecule has 0 amide bonds. The summed E-state index contributed by atoms with van der Waals surface area (Å²) in [4.78, 5) is 23.7. The molecule has 6 nitrogen and oxygen atoms in total. The summed E-state index contributed by atoms with van der Waals surface area (Å²) >= 11 is 0. The average Bonchev–Trinajstić information content (AvgIpc) is 0.913. The van der Waals surface area contributed by atoms with E-state index in [1.54, 1.807) is 0 Å². The van der Waals surface area contributed by atoms with Crippen LogP contribution in [0, 0.1) is 0 Å². The van der Waals surface area contributed by atoms with E-state index in [0.29, 0.717) is 11.9 Å². The van der Waals surface area contributed by atoms with Crippen molar-refractivity contribution in [3.8, 4) is 34.3 Å². The quantitative estimate of drug-likeness (QED) is 0.0714. The van der Waals surface area contributed by atoms with E-state index in [2.05, 4.69) is 410 Å². The summed E-state index contributed by atoms with van der Waals surface area (Å²) in [6, 6.07) is 146. The second kappa shape index (κ2) is 25.6. The minimum Gasteiger partial charge on any atom is -0.278 e. The lowest BCUT2D eigenvalue weighted by molar-refractivity contribution is 0.705. The molecule has 0 fully saturated rings. The Labute approximate surface area is 589 Å². The van der Waals surface area contributed by atoms with Crippen LogP contribution in [0.2, 0.25) is 0 Å². The van der Waals surface area contributed by atoms with E-state index in [0.717, 1.165) is 99.0 Å². The van der Waals surface area contributed by atoms with Crippen LogP contribution in [0.4, 0.5) is 0 Å². The predicted molar refractivity (Wildman–Crippen MR) is 423 cm³/mol. The van der Waals surface area contributed by atoms with Crippen molar-refractivity contribution < 1.29 is 0 Å². The highest BCUT2D eigenvalue weighted by atomic mass is 28.3. The third-order valence-corrected chi connectivity index (χ3v) is 29.8. The van der Waals surface area contributed by atoms with E-state index in [1.807, 2.05) is 0 Å². The molecular formula is C93H66N6Si2. The van der Waals surface area contributed by atoms with Crippen molar-refractivity contribution in [3.05, 3.63) is 423 Å². The van der Waals surface area contributed by atoms with Gasteiger partial charge in [0.1, 0.15) is 0 Å². The molecule has 101 heavy (non-hydrogen) atoms. The lowest BCUT2D eigenvalue weighted by atomic mass is 9.67. The van der Waals surface area contributed by atoms with E-state index < -0.39 is 21.6 Å². The topological polar surface area (TPSA) is 61.4 Å². The van der Waals surface area contributed by atoms with Gasteiger partial charge in [0, 0.05) is 37.7 Å². The zero-order valence-corrected chi connectivity index (χ0v) is 57.3. The second-order valence-corrected chi connectivity index (χ2v) is 33.4. The minimum atomic E-state index is -3.33. The first-order valence-electron chi connectivity index (χ1n) is 34.5. The molecule has 0 aliphatic rings. The molecule has 4 heterocycles. The lowest BCUT2D eigenvalue weighted by Crippen LogP contribution is -2.79. The van der Waals surface area contributed by atoms with E-state index in [-0.39, 0.29) is 0 Å². The van der Waals surface area contributed by atoms with Crippen molar-refractivity contribution >= 4 is 102 Å². The normalized spacial score (nSPS) is 12.0. The summed E-state index contributed by atoms with van der Waals surface area (Å²) in [7, 11) is -6.66. The summed E-state index contributed by atoms with van der Waals surface area (Å²) in [6.07, 6.45) is 0. The highest BCUT2D eigenvalue weighted by Crippen LogP contribution is 2.46. The second-order valence-electron chi connectivity index (χ2n) is 26.0. The van der Waals surface area contributed by atoms with Crippen LogP contribution in [-0.2, 0) is 5.41 Å². The Morgan fingerprint density at radius 3 is 0.851 bits per heavy atom. The van der Waals surface area contributed by atoms with Crippen molar-refractivity contribution in [2.24, 2.45) is 0 Å². The van der Waals surface area contributed by atoms with Crippen molar-refractivity contribution in [1.29, 1.82) is 0 Å². The van der Waals surface area contributed by atoms with Crippen LogP contribution in [0.1, 0.15) is 22.4 Å². The summed E-state index contributed by atoms with van der Waals surface area (Å²) in [5.74, 6) is 1.21. The van der Waals surface area contributed by atoms with Gasteiger partial charge in [0.25, 0.3) is 0 Å². The van der Waals surface area contributed by atoms with Crippen LogP contribution in [0.5, 0.6) is 0 Å². The Kier molecular flexibility index (Phi) is 15.4. The number of para-hydroxylation sites is 2. The molecule has 0 N–H and O–H groups in total. The van der Waals surface area contributed by atoms with E-state index in [4.69, 9.17) is 19.9 Å². The van der Waals surface area contributed by atoms with Crippen molar-refractivity contribution in [1.82, 2.24) is 29.1 Å². The first-order chi connectivity index (χ1) is 50.1. The standard InChI is InChI=1S/C93H66N6Si2/c1-11-35-67(36-12-1)83-65-88(93(70-37-13-2-14-38-70,71-39-15-3-16-40-71)72-41-17-4-18-42-72)95-91(94-83)98-84-57-33-31-55-79(84)81-63-68(59-61-86(81)98)69-60-62-87-82(64-69)80-56-32-34-58-85(80)99(87)92-96-89(100(73-43-19-5-20-44-73,74-45-21-6-22-46-74)75-47-23-7-24-48-75)66-90(97-92)101(76-49-25-8-26-50-76,77-51-27-9-28-52-77)78-53-29-10-30-54-78/h1-66H. The summed E-state index contributed by atoms with van der Waals surface area (Å²) in [5.41, 5.74) is 11.4. The van der Waals surface area contributed by atoms with Gasteiger partial charge in [-0.2, -0.15) is 0 Å². The number of nitrogens with zero attached hydrogens (tertiary/aromatic N) is 6. The van der Waals surface area contributed by atoms with Gasteiger partial charge >= 0.3 is 0 Å². The van der Waals surface area contributed by atoms with E-state index in [9.17, 15) is 0 Å². The summed E-state index contributed by atoms with van der Waals surface area (Å²) < 4.78 is 4.61. The van der Waals surface area contributed by atoms with Crippen LogP contribution in [0.15, 0.2) is 400 Å². The van der Waals surface area contributed by atoms with Gasteiger partial charge in [-0.3, -0.25) is 9.13 Å². The minimum absolute atomic E-state index is 0.587. The molecule has 476 valence electrons. The maximum Gasteiger partial charge on any atom is 0.235 e. The predicted octanol–water partition coefficient (Wildman–Crippen LogP) is 15.9. The van der Waals surface area contributed by atoms with Crippen molar-refractivity contribution in [2.75, 3.05) is 0 Å². The Morgan fingerprint density at radius 2 is 0.505 bits per heavy atom. The largest absolute Gasteiger partial charge is 0.278 e. The molecule has 0 spiro atoms. The molecule has 0 saturated carbocycles. The fraction of sp³-hybridized carbons (Fsp3) is 0.0108. The molecule has 0 aliphatic carbocycles. The van der Waals surface area contributed by atoms with E-state index in [1.165, 1.54) is 31.1 Å². The molecule has 0 radical (unpaired) electrons. The monoisotopic (exact) mass is 1320 g/mol. The van der Waals surface area contributed by atoms with Gasteiger partial charge in [0.2, 0.25) is 28.0 Å². The summed E-state index contributed by atoms with van der Waals surface area (Å²) in [5, 5.41) is 13.8. The van der Waals surface area contributed by atoms with Gasteiger partial charge in [0.05, 0.1) is 38.9 Å². The number of aromatic nitrogens is 6. The van der Waals surface area contributed by atoms with Gasteiger partial charge in [-0.25, -0.2) is 19.9 Å². The van der Waals surface area contributed by atoms with Gasteiger partial charge < -0.3 is 0 Å². The molecule has 0 unspecified atom stereocenters. The number of hydrogen-bond donors (Lipinski definition) is 0. The third kappa shape index (κ3) is 10.1. The number of rotatable bonds is 16. The fourth-order valence-electron chi connectivity index (χ4n) is 16.2. The third-order valence-electron chi connectivity index (χ3n) is 20.6. The van der Waals surface area contributed by atoms with Crippen LogP contribution in [0.3, 0.4) is 0 Å². The van der Waals surface area contributed by atoms with Crippen molar-refractivity contribution in [2.45, 2.75) is 5.41 Å². The molecule has 0 aliphatic heterocycles. The van der Waals surface area contributed by atoms with Crippen LogP contribution < -0.4 is 41.8 Å². The highest BCUT2D eigenvalue weighted by Gasteiger charge is 2.48. The fourth-order valence-corrected chi connectivity index (χ4v) is 25.5.